The van der Waals surface area contributed by atoms with Gasteiger partial charge in [0.15, 0.2) is 0 Å². The smallest absolute Gasteiger partial charge is 0.416 e. The third-order valence-corrected chi connectivity index (χ3v) is 6.94. The second-order valence-electron chi connectivity index (χ2n) is 8.42. The number of carboxylic acids is 1. The Kier molecular flexibility index (Phi) is 7.45. The number of hydrogen-bond acceptors (Lipinski definition) is 4. The quantitative estimate of drug-likeness (QED) is 0.261. The highest BCUT2D eigenvalue weighted by Gasteiger charge is 2.30. The van der Waals surface area contributed by atoms with E-state index in [1.165, 1.54) is 23.5 Å². The Morgan fingerprint density at radius 2 is 1.72 bits per heavy atom. The lowest BCUT2D eigenvalue weighted by atomic mass is 10.0. The molecule has 36 heavy (non-hydrogen) atoms. The van der Waals surface area contributed by atoms with E-state index in [4.69, 9.17) is 14.8 Å². The number of aliphatic carboxylic acids is 1. The number of aromatic nitrogens is 1. The molecule has 0 saturated carbocycles. The minimum atomic E-state index is -4.40. The molecule has 186 valence electrons. The molecule has 0 aliphatic heterocycles. The second-order valence-corrected chi connectivity index (χ2v) is 9.42. The first kappa shape index (κ1) is 25.4. The van der Waals surface area contributed by atoms with E-state index in [-0.39, 0.29) is 6.42 Å². The van der Waals surface area contributed by atoms with Crippen LogP contribution >= 0.6 is 11.3 Å². The van der Waals surface area contributed by atoms with E-state index >= 15 is 0 Å². The van der Waals surface area contributed by atoms with Gasteiger partial charge in [0.1, 0.15) is 22.6 Å². The van der Waals surface area contributed by atoms with Crippen molar-refractivity contribution >= 4 is 17.3 Å². The Morgan fingerprint density at radius 3 is 2.33 bits per heavy atom. The predicted molar refractivity (Wildman–Crippen MR) is 134 cm³/mol. The zero-order valence-electron chi connectivity index (χ0n) is 19.7. The highest BCUT2D eigenvalue weighted by atomic mass is 32.1. The van der Waals surface area contributed by atoms with E-state index in [9.17, 15) is 18.0 Å². The van der Waals surface area contributed by atoms with E-state index in [0.717, 1.165) is 33.7 Å². The van der Waals surface area contributed by atoms with Crippen LogP contribution in [0.4, 0.5) is 13.2 Å². The molecule has 1 aromatic heterocycles. The van der Waals surface area contributed by atoms with Crippen LogP contribution in [0.1, 0.15) is 41.8 Å². The third-order valence-electron chi connectivity index (χ3n) is 5.77. The summed E-state index contributed by atoms with van der Waals surface area (Å²) in [6, 6.07) is 20.2. The van der Waals surface area contributed by atoms with Crippen molar-refractivity contribution in [3.63, 3.8) is 0 Å². The summed E-state index contributed by atoms with van der Waals surface area (Å²) in [5.41, 5.74) is 3.41. The topological polar surface area (TPSA) is 59.4 Å². The SMILES string of the molecule is Cc1cc(OC(C)c2nc(-c3ccc(C(F)(F)F)cc3)sc2-c2ccccc2)ccc1CCC(=O)O. The molecule has 1 heterocycles. The van der Waals surface area contributed by atoms with Crippen molar-refractivity contribution in [1.82, 2.24) is 4.98 Å². The Labute approximate surface area is 211 Å². The molecule has 0 aliphatic rings. The highest BCUT2D eigenvalue weighted by molar-refractivity contribution is 7.18. The molecular weight excluding hydrogens is 487 g/mol. The first-order valence-corrected chi connectivity index (χ1v) is 12.1. The van der Waals surface area contributed by atoms with E-state index < -0.39 is 23.8 Å². The normalized spacial score (nSPS) is 12.4. The fourth-order valence-corrected chi connectivity index (χ4v) is 5.01. The van der Waals surface area contributed by atoms with Crippen molar-refractivity contribution < 1.29 is 27.8 Å². The maximum atomic E-state index is 13.0. The maximum absolute atomic E-state index is 13.0. The van der Waals surface area contributed by atoms with E-state index in [1.54, 1.807) is 0 Å². The molecule has 0 aliphatic carbocycles. The maximum Gasteiger partial charge on any atom is 0.416 e. The van der Waals surface area contributed by atoms with Gasteiger partial charge in [0.25, 0.3) is 0 Å². The number of halogens is 3. The lowest BCUT2D eigenvalue weighted by Crippen LogP contribution is -2.06. The molecule has 0 spiro atoms. The fourth-order valence-electron chi connectivity index (χ4n) is 3.85. The van der Waals surface area contributed by atoms with Crippen LogP contribution in [0.3, 0.4) is 0 Å². The molecule has 3 aromatic carbocycles. The van der Waals surface area contributed by atoms with Gasteiger partial charge in [-0.05, 0) is 61.2 Å². The summed E-state index contributed by atoms with van der Waals surface area (Å²) in [7, 11) is 0. The Morgan fingerprint density at radius 1 is 1.03 bits per heavy atom. The molecule has 4 nitrogen and oxygen atoms in total. The van der Waals surface area contributed by atoms with Gasteiger partial charge in [-0.1, -0.05) is 48.5 Å². The molecule has 0 fully saturated rings. The van der Waals surface area contributed by atoms with Crippen molar-refractivity contribution in [3.05, 3.63) is 95.2 Å². The zero-order chi connectivity index (χ0) is 25.9. The molecule has 0 radical (unpaired) electrons. The Bertz CT molecular complexity index is 1350. The van der Waals surface area contributed by atoms with Gasteiger partial charge in [-0.2, -0.15) is 13.2 Å². The number of nitrogens with zero attached hydrogens (tertiary/aromatic N) is 1. The lowest BCUT2D eigenvalue weighted by molar-refractivity contribution is -0.138. The number of carbonyl (C=O) groups is 1. The van der Waals surface area contributed by atoms with Gasteiger partial charge < -0.3 is 9.84 Å². The minimum absolute atomic E-state index is 0.0590. The molecule has 4 aromatic rings. The number of aryl methyl sites for hydroxylation is 2. The number of alkyl halides is 3. The summed E-state index contributed by atoms with van der Waals surface area (Å²) in [5, 5.41) is 9.54. The van der Waals surface area contributed by atoms with Gasteiger partial charge in [-0.15, -0.1) is 11.3 Å². The van der Waals surface area contributed by atoms with Crippen LogP contribution < -0.4 is 4.74 Å². The van der Waals surface area contributed by atoms with Gasteiger partial charge in [0, 0.05) is 12.0 Å². The summed E-state index contributed by atoms with van der Waals surface area (Å²) < 4.78 is 45.2. The number of carboxylic acid groups (broad SMARTS) is 1. The summed E-state index contributed by atoms with van der Waals surface area (Å²) in [5.74, 6) is -0.216. The van der Waals surface area contributed by atoms with Gasteiger partial charge >= 0.3 is 12.1 Å². The monoisotopic (exact) mass is 511 g/mol. The van der Waals surface area contributed by atoms with E-state index in [2.05, 4.69) is 0 Å². The highest BCUT2D eigenvalue weighted by Crippen LogP contribution is 2.40. The molecule has 1 atom stereocenters. The summed E-state index contributed by atoms with van der Waals surface area (Å²) in [4.78, 5) is 16.5. The van der Waals surface area contributed by atoms with Crippen molar-refractivity contribution in [3.8, 4) is 26.8 Å². The van der Waals surface area contributed by atoms with Gasteiger partial charge in [-0.3, -0.25) is 4.79 Å². The number of hydrogen-bond donors (Lipinski definition) is 1. The summed E-state index contributed by atoms with van der Waals surface area (Å²) in [6.07, 6.45) is -4.34. The van der Waals surface area contributed by atoms with Crippen LogP contribution in [0.25, 0.3) is 21.0 Å². The molecule has 8 heteroatoms. The molecule has 1 unspecified atom stereocenters. The van der Waals surface area contributed by atoms with Crippen LogP contribution in [0.2, 0.25) is 0 Å². The summed E-state index contributed by atoms with van der Waals surface area (Å²) >= 11 is 1.40. The van der Waals surface area contributed by atoms with Crippen LogP contribution in [0, 0.1) is 6.92 Å². The molecule has 0 saturated heterocycles. The largest absolute Gasteiger partial charge is 0.484 e. The average Bonchev–Trinajstić information content (AvgIpc) is 3.29. The molecule has 0 bridgehead atoms. The molecule has 1 N–H and O–H groups in total. The van der Waals surface area contributed by atoms with Crippen LogP contribution in [0.15, 0.2) is 72.8 Å². The van der Waals surface area contributed by atoms with E-state index in [0.29, 0.717) is 28.4 Å². The Hall–Kier alpha value is -3.65. The standard InChI is InChI=1S/C28H24F3NO3S/c1-17-16-23(14-10-19(17)11-15-24(33)34)35-18(2)25-26(20-6-4-3-5-7-20)36-27(32-25)21-8-12-22(13-9-21)28(29,30)31/h3-10,12-14,16,18H,11,15H2,1-2H3,(H,33,34). The van der Waals surface area contributed by atoms with Crippen LogP contribution in [-0.4, -0.2) is 16.1 Å². The third kappa shape index (κ3) is 5.94. The van der Waals surface area contributed by atoms with E-state index in [1.807, 2.05) is 62.4 Å². The number of ether oxygens (including phenoxy) is 1. The minimum Gasteiger partial charge on any atom is -0.484 e. The van der Waals surface area contributed by atoms with Crippen molar-refractivity contribution in [2.75, 3.05) is 0 Å². The average molecular weight is 512 g/mol. The number of benzene rings is 3. The van der Waals surface area contributed by atoms with Gasteiger partial charge in [0.05, 0.1) is 10.4 Å². The lowest BCUT2D eigenvalue weighted by Gasteiger charge is -2.16. The number of thiazole rings is 1. The number of rotatable bonds is 8. The Balaban J connectivity index is 1.64. The molecule has 0 amide bonds. The van der Waals surface area contributed by atoms with Crippen LogP contribution in [-0.2, 0) is 17.4 Å². The second kappa shape index (κ2) is 10.5. The molecular formula is C28H24F3NO3S. The summed E-state index contributed by atoms with van der Waals surface area (Å²) in [6.45, 7) is 3.79. The van der Waals surface area contributed by atoms with Crippen LogP contribution in [0.5, 0.6) is 5.75 Å². The van der Waals surface area contributed by atoms with Crippen molar-refractivity contribution in [2.24, 2.45) is 0 Å². The fraction of sp³-hybridized carbons (Fsp3) is 0.214. The zero-order valence-corrected chi connectivity index (χ0v) is 20.5. The first-order valence-electron chi connectivity index (χ1n) is 11.3. The van der Waals surface area contributed by atoms with Gasteiger partial charge in [0.2, 0.25) is 0 Å². The van der Waals surface area contributed by atoms with Crippen molar-refractivity contribution in [1.29, 1.82) is 0 Å². The molecule has 4 rings (SSSR count). The van der Waals surface area contributed by atoms with Crippen molar-refractivity contribution in [2.45, 2.75) is 39.0 Å². The predicted octanol–water partition coefficient (Wildman–Crippen LogP) is 7.96. The first-order chi connectivity index (χ1) is 17.1. The van der Waals surface area contributed by atoms with Gasteiger partial charge in [-0.25, -0.2) is 4.98 Å².